The molecular weight excluding hydrogens is 455 g/mol. The van der Waals surface area contributed by atoms with Gasteiger partial charge in [-0.2, -0.15) is 13.2 Å². The summed E-state index contributed by atoms with van der Waals surface area (Å²) in [6.45, 7) is 2.25. The van der Waals surface area contributed by atoms with E-state index in [1.54, 1.807) is 13.2 Å². The van der Waals surface area contributed by atoms with Crippen molar-refractivity contribution in [1.29, 1.82) is 0 Å². The third kappa shape index (κ3) is 3.18. The number of aliphatic hydroxyl groups is 1. The standard InChI is InChI=1S/C22H29NO4.C2HF3O2/c1-23(12-13-3-4-13)10-9-21-18-14-5-6-15(24)19(18)27-20(21)16(26-2)7-8-22(21,25)17(23)11-14;3-2(4,5)1(6)7/h5-6,13,16-17,20,25H,3-4,7-12H2,1-2H3;(H,6,7)/t16-,17+,20-,21-,22?,23?;/m0./s1. The Balaban J connectivity index is 0.000000304. The highest BCUT2D eigenvalue weighted by Crippen LogP contribution is 2.66. The number of hydrogen-bond acceptors (Lipinski definition) is 6. The molecule has 1 saturated heterocycles. The summed E-state index contributed by atoms with van der Waals surface area (Å²) in [7, 11) is 4.11. The van der Waals surface area contributed by atoms with Gasteiger partial charge in [0.15, 0.2) is 11.5 Å². The summed E-state index contributed by atoms with van der Waals surface area (Å²) in [6.07, 6.45) is 0.582. The van der Waals surface area contributed by atoms with Gasteiger partial charge < -0.3 is 34.1 Å². The molecule has 188 valence electrons. The van der Waals surface area contributed by atoms with Gasteiger partial charge in [-0.3, -0.25) is 0 Å². The lowest BCUT2D eigenvalue weighted by Crippen LogP contribution is -2.81. The zero-order chi connectivity index (χ0) is 24.7. The molecule has 2 heterocycles. The van der Waals surface area contributed by atoms with Gasteiger partial charge in [-0.25, -0.2) is 0 Å². The number of carboxylic acid groups (broad SMARTS) is 1. The number of likely N-dealkylation sites (N-methyl/N-ethyl adjacent to an activating group) is 1. The summed E-state index contributed by atoms with van der Waals surface area (Å²) in [5.74, 6) is -1.37. The fourth-order valence-corrected chi connectivity index (χ4v) is 7.35. The van der Waals surface area contributed by atoms with Crippen molar-refractivity contribution in [3.05, 3.63) is 23.3 Å². The van der Waals surface area contributed by atoms with E-state index in [0.29, 0.717) is 5.75 Å². The number of aliphatic carboxylic acids is 1. The highest BCUT2D eigenvalue weighted by atomic mass is 19.4. The van der Waals surface area contributed by atoms with Crippen LogP contribution in [-0.2, 0) is 21.4 Å². The van der Waals surface area contributed by atoms with Crippen LogP contribution in [0.2, 0.25) is 0 Å². The molecule has 3 aliphatic carbocycles. The van der Waals surface area contributed by atoms with Crippen molar-refractivity contribution >= 4 is 5.97 Å². The molecule has 3 fully saturated rings. The average Bonchev–Trinajstić information content (AvgIpc) is 3.49. The molecule has 6 atom stereocenters. The smallest absolute Gasteiger partial charge is 0.430 e. The number of ether oxygens (including phenoxy) is 2. The number of benzene rings is 1. The Bertz CT molecular complexity index is 1010. The summed E-state index contributed by atoms with van der Waals surface area (Å²) >= 11 is 0. The van der Waals surface area contributed by atoms with Crippen molar-refractivity contribution in [2.45, 2.75) is 74.0 Å². The first-order chi connectivity index (χ1) is 15.9. The summed E-state index contributed by atoms with van der Waals surface area (Å²) in [6, 6.07) is 4.03. The van der Waals surface area contributed by atoms with E-state index in [-0.39, 0.29) is 24.0 Å². The molecule has 2 aliphatic heterocycles. The molecule has 2 N–H and O–H groups in total. The lowest BCUT2D eigenvalue weighted by Gasteiger charge is -2.65. The van der Waals surface area contributed by atoms with Gasteiger partial charge in [0.1, 0.15) is 23.7 Å². The molecule has 7 nitrogen and oxygen atoms in total. The molecule has 6 rings (SSSR count). The fraction of sp³-hybridized carbons (Fsp3) is 0.708. The third-order valence-corrected chi connectivity index (χ3v) is 8.96. The summed E-state index contributed by atoms with van der Waals surface area (Å²) in [4.78, 5) is 8.78. The maximum Gasteiger partial charge on any atom is 0.430 e. The molecule has 10 heteroatoms. The lowest BCUT2D eigenvalue weighted by molar-refractivity contribution is -0.950. The number of carbonyl (C=O) groups excluding carboxylic acids is 1. The molecule has 34 heavy (non-hydrogen) atoms. The predicted molar refractivity (Wildman–Crippen MR) is 111 cm³/mol. The number of alkyl halides is 3. The number of hydrogen-bond donors (Lipinski definition) is 2. The second-order valence-corrected chi connectivity index (χ2v) is 10.8. The number of phenolic OH excluding ortho intramolecular Hbond substituents is 1. The largest absolute Gasteiger partial charge is 0.542 e. The van der Waals surface area contributed by atoms with E-state index in [9.17, 15) is 23.4 Å². The van der Waals surface area contributed by atoms with Crippen molar-refractivity contribution in [2.75, 3.05) is 27.2 Å². The SMILES string of the molecule is CO[C@H]1CCC2(O)[C@H]3Cc4ccc(O)c5c4[C@@]2(CC[N+]3(C)CC2CC2)[C@H]1O5.O=C([O-])C(F)(F)F. The van der Waals surface area contributed by atoms with E-state index in [1.165, 1.54) is 24.9 Å². The fourth-order valence-electron chi connectivity index (χ4n) is 7.35. The molecule has 1 aromatic rings. The Hall–Kier alpha value is -2.04. The van der Waals surface area contributed by atoms with Crippen LogP contribution in [0.5, 0.6) is 11.5 Å². The zero-order valence-electron chi connectivity index (χ0n) is 19.2. The Morgan fingerprint density at radius 2 is 1.97 bits per heavy atom. The molecule has 1 spiro atoms. The molecule has 0 amide bonds. The number of carboxylic acids is 1. The first-order valence-electron chi connectivity index (χ1n) is 11.8. The number of halogens is 3. The number of carbonyl (C=O) groups is 1. The van der Waals surface area contributed by atoms with Crippen LogP contribution in [0.15, 0.2) is 12.1 Å². The number of piperidine rings is 1. The Morgan fingerprint density at radius 3 is 2.56 bits per heavy atom. The molecular formula is C24H30F3NO6. The zero-order valence-corrected chi connectivity index (χ0v) is 19.2. The first kappa shape index (κ1) is 23.7. The molecule has 0 radical (unpaired) electrons. The van der Waals surface area contributed by atoms with Gasteiger partial charge in [-0.1, -0.05) is 6.07 Å². The second-order valence-electron chi connectivity index (χ2n) is 10.8. The molecule has 2 saturated carbocycles. The van der Waals surface area contributed by atoms with E-state index in [1.807, 2.05) is 0 Å². The highest BCUT2D eigenvalue weighted by molar-refractivity contribution is 5.70. The first-order valence-corrected chi connectivity index (χ1v) is 11.8. The summed E-state index contributed by atoms with van der Waals surface area (Å²) in [5.41, 5.74) is 1.11. The topological polar surface area (TPSA) is 99.1 Å². The number of nitrogens with zero attached hydrogens (tertiary/aromatic N) is 1. The quantitative estimate of drug-likeness (QED) is 0.629. The maximum absolute atomic E-state index is 12.4. The number of methoxy groups -OCH3 is 1. The summed E-state index contributed by atoms with van der Waals surface area (Å²) in [5, 5.41) is 31.7. The van der Waals surface area contributed by atoms with Crippen LogP contribution in [0.25, 0.3) is 0 Å². The van der Waals surface area contributed by atoms with Gasteiger partial charge in [-0.05, 0) is 37.3 Å². The maximum atomic E-state index is 12.4. The van der Waals surface area contributed by atoms with Crippen molar-refractivity contribution in [2.24, 2.45) is 5.92 Å². The molecule has 1 aromatic carbocycles. The lowest BCUT2D eigenvalue weighted by atomic mass is 9.48. The molecule has 2 bridgehead atoms. The van der Waals surface area contributed by atoms with Gasteiger partial charge >= 0.3 is 6.18 Å². The van der Waals surface area contributed by atoms with Gasteiger partial charge in [-0.15, -0.1) is 0 Å². The Morgan fingerprint density at radius 1 is 1.29 bits per heavy atom. The number of phenols is 1. The van der Waals surface area contributed by atoms with Crippen molar-refractivity contribution in [3.8, 4) is 11.5 Å². The van der Waals surface area contributed by atoms with Crippen LogP contribution < -0.4 is 9.84 Å². The van der Waals surface area contributed by atoms with E-state index in [0.717, 1.165) is 48.2 Å². The van der Waals surface area contributed by atoms with Crippen molar-refractivity contribution in [3.63, 3.8) is 0 Å². The van der Waals surface area contributed by atoms with E-state index in [2.05, 4.69) is 13.1 Å². The molecule has 5 aliphatic rings. The molecule has 0 aromatic heterocycles. The highest BCUT2D eigenvalue weighted by Gasteiger charge is 2.76. The van der Waals surface area contributed by atoms with Gasteiger partial charge in [0.2, 0.25) is 0 Å². The van der Waals surface area contributed by atoms with Crippen LogP contribution >= 0.6 is 0 Å². The monoisotopic (exact) mass is 485 g/mol. The average molecular weight is 485 g/mol. The van der Waals surface area contributed by atoms with Gasteiger partial charge in [0.05, 0.1) is 31.7 Å². The minimum absolute atomic E-state index is 0.0380. The Labute approximate surface area is 195 Å². The Kier molecular flexibility index (Phi) is 5.21. The predicted octanol–water partition coefficient (Wildman–Crippen LogP) is 1.41. The minimum Gasteiger partial charge on any atom is -0.542 e. The van der Waals surface area contributed by atoms with E-state index < -0.39 is 23.2 Å². The van der Waals surface area contributed by atoms with E-state index in [4.69, 9.17) is 19.4 Å². The molecule has 2 unspecified atom stereocenters. The minimum atomic E-state index is -5.19. The van der Waals surface area contributed by atoms with Crippen LogP contribution in [0.3, 0.4) is 0 Å². The van der Waals surface area contributed by atoms with E-state index >= 15 is 0 Å². The van der Waals surface area contributed by atoms with Crippen molar-refractivity contribution < 1.29 is 47.2 Å². The van der Waals surface area contributed by atoms with Crippen LogP contribution in [0.4, 0.5) is 13.2 Å². The summed E-state index contributed by atoms with van der Waals surface area (Å²) < 4.78 is 44.7. The number of aromatic hydroxyl groups is 1. The third-order valence-electron chi connectivity index (χ3n) is 8.96. The van der Waals surface area contributed by atoms with Gasteiger partial charge in [0, 0.05) is 31.4 Å². The van der Waals surface area contributed by atoms with Crippen molar-refractivity contribution in [1.82, 2.24) is 0 Å². The van der Waals surface area contributed by atoms with Gasteiger partial charge in [0.25, 0.3) is 0 Å². The normalized spacial score (nSPS) is 39.4. The number of rotatable bonds is 3. The number of quaternary nitrogens is 1. The van der Waals surface area contributed by atoms with Crippen LogP contribution in [0, 0.1) is 5.92 Å². The van der Waals surface area contributed by atoms with Crippen LogP contribution in [0.1, 0.15) is 43.2 Å². The second kappa shape index (κ2) is 7.48. The van der Waals surface area contributed by atoms with Crippen LogP contribution in [-0.4, -0.2) is 77.9 Å². The number of likely N-dealkylation sites (tertiary alicyclic amines) is 1.